The Morgan fingerprint density at radius 2 is 2.08 bits per heavy atom. The van der Waals surface area contributed by atoms with Gasteiger partial charge in [-0.15, -0.1) is 0 Å². The van der Waals surface area contributed by atoms with Crippen molar-refractivity contribution < 1.29 is 4.79 Å². The van der Waals surface area contributed by atoms with Gasteiger partial charge in [0, 0.05) is 18.3 Å². The van der Waals surface area contributed by atoms with E-state index in [1.165, 1.54) is 11.8 Å². The summed E-state index contributed by atoms with van der Waals surface area (Å²) in [6.07, 6.45) is 3.69. The zero-order valence-electron chi connectivity index (χ0n) is 13.3. The van der Waals surface area contributed by atoms with Gasteiger partial charge < -0.3 is 4.57 Å². The van der Waals surface area contributed by atoms with Crippen LogP contribution in [0.1, 0.15) is 11.4 Å². The first-order valence-corrected chi connectivity index (χ1v) is 8.98. The summed E-state index contributed by atoms with van der Waals surface area (Å²) in [5.74, 6) is 0.957. The third kappa shape index (κ3) is 3.10. The molecule has 0 aliphatic carbocycles. The molecule has 0 radical (unpaired) electrons. The molecule has 4 rings (SSSR count). The molecule has 0 atom stereocenters. The molecule has 0 spiro atoms. The minimum Gasteiger partial charge on any atom is -0.326 e. The van der Waals surface area contributed by atoms with E-state index in [-0.39, 0.29) is 5.91 Å². The maximum atomic E-state index is 11.7. The average molecular weight is 369 g/mol. The summed E-state index contributed by atoms with van der Waals surface area (Å²) in [6, 6.07) is 11.3. The van der Waals surface area contributed by atoms with Crippen LogP contribution < -0.4 is 0 Å². The number of fused-ring (bicyclic) bond motifs is 1. The molecule has 1 aromatic carbocycles. The molecule has 1 amide bonds. The number of carbonyl (C=O) groups excluding carboxylic acids is 1. The lowest BCUT2D eigenvalue weighted by atomic mass is 10.1. The van der Waals surface area contributed by atoms with Gasteiger partial charge in [-0.25, -0.2) is 15.0 Å². The van der Waals surface area contributed by atoms with Gasteiger partial charge >= 0.3 is 0 Å². The summed E-state index contributed by atoms with van der Waals surface area (Å²) in [5.41, 5.74) is 3.35. The average Bonchev–Trinajstić information content (AvgIpc) is 3.19. The largest absolute Gasteiger partial charge is 0.326 e. The van der Waals surface area contributed by atoms with Gasteiger partial charge in [0.15, 0.2) is 5.65 Å². The molecule has 124 valence electrons. The lowest BCUT2D eigenvalue weighted by Gasteiger charge is -2.07. The quantitative estimate of drug-likeness (QED) is 0.704. The van der Waals surface area contributed by atoms with Gasteiger partial charge in [-0.1, -0.05) is 35.5 Å². The van der Waals surface area contributed by atoms with Crippen LogP contribution >= 0.6 is 23.4 Å². The Hall–Kier alpha value is -2.44. The highest BCUT2D eigenvalue weighted by Gasteiger charge is 2.23. The van der Waals surface area contributed by atoms with Crippen molar-refractivity contribution in [2.24, 2.45) is 12.0 Å². The molecular weight excluding hydrogens is 356 g/mol. The van der Waals surface area contributed by atoms with Gasteiger partial charge in [0.2, 0.25) is 0 Å². The van der Waals surface area contributed by atoms with E-state index in [4.69, 9.17) is 11.6 Å². The molecule has 5 nitrogen and oxygen atoms in total. The molecule has 0 bridgehead atoms. The van der Waals surface area contributed by atoms with Crippen LogP contribution in [0.25, 0.3) is 22.8 Å². The van der Waals surface area contributed by atoms with Gasteiger partial charge in [0.1, 0.15) is 10.9 Å². The second-order valence-electron chi connectivity index (χ2n) is 5.55. The Balaban J connectivity index is 1.90. The summed E-state index contributed by atoms with van der Waals surface area (Å²) in [6.45, 7) is 0. The van der Waals surface area contributed by atoms with Crippen LogP contribution in [-0.4, -0.2) is 31.2 Å². The molecule has 0 saturated heterocycles. The first kappa shape index (κ1) is 16.1. The second kappa shape index (κ2) is 6.46. The molecule has 0 fully saturated rings. The molecule has 0 N–H and O–H groups in total. The predicted octanol–water partition coefficient (Wildman–Crippen LogP) is 3.83. The number of thioether (sulfide) groups is 1. The third-order valence-corrected chi connectivity index (χ3v) is 5.10. The second-order valence-corrected chi connectivity index (χ2v) is 6.95. The number of halogens is 1. The molecule has 25 heavy (non-hydrogen) atoms. The van der Waals surface area contributed by atoms with Crippen LogP contribution in [0.2, 0.25) is 5.02 Å². The van der Waals surface area contributed by atoms with E-state index >= 15 is 0 Å². The van der Waals surface area contributed by atoms with E-state index < -0.39 is 0 Å². The van der Waals surface area contributed by atoms with Gasteiger partial charge in [-0.05, 0) is 35.9 Å². The molecule has 7 heteroatoms. The van der Waals surface area contributed by atoms with E-state index in [0.717, 1.165) is 22.5 Å². The van der Waals surface area contributed by atoms with Crippen molar-refractivity contribution >= 4 is 57.1 Å². The molecule has 3 heterocycles. The number of amides is 1. The number of hydrogen-bond donors (Lipinski definition) is 0. The van der Waals surface area contributed by atoms with Crippen molar-refractivity contribution in [2.75, 3.05) is 5.75 Å². The SMILES string of the molecule is Cn1c(/C(=C\c2ccc(Cl)cc2)C2=NC(=O)CS2)nc2ncccc21. The van der Waals surface area contributed by atoms with Crippen molar-refractivity contribution in [1.29, 1.82) is 0 Å². The Morgan fingerprint density at radius 1 is 1.28 bits per heavy atom. The highest BCUT2D eigenvalue weighted by atomic mass is 35.5. The number of benzene rings is 1. The minimum atomic E-state index is -0.126. The maximum absolute atomic E-state index is 11.7. The van der Waals surface area contributed by atoms with Gasteiger partial charge in [0.05, 0.1) is 16.8 Å². The third-order valence-electron chi connectivity index (χ3n) is 3.87. The van der Waals surface area contributed by atoms with Crippen molar-refractivity contribution in [3.8, 4) is 0 Å². The molecule has 3 aromatic rings. The van der Waals surface area contributed by atoms with Crippen LogP contribution in [0.4, 0.5) is 0 Å². The Morgan fingerprint density at radius 3 is 2.76 bits per heavy atom. The van der Waals surface area contributed by atoms with Crippen molar-refractivity contribution in [2.45, 2.75) is 0 Å². The summed E-state index contributed by atoms with van der Waals surface area (Å²) >= 11 is 7.40. The summed E-state index contributed by atoms with van der Waals surface area (Å²) in [5, 5.41) is 1.35. The fourth-order valence-electron chi connectivity index (χ4n) is 2.66. The molecular formula is C18H13ClN4OS. The van der Waals surface area contributed by atoms with Gasteiger partial charge in [-0.3, -0.25) is 4.79 Å². The Kier molecular flexibility index (Phi) is 4.15. The molecule has 1 aliphatic rings. The number of hydrogen-bond acceptors (Lipinski definition) is 4. The number of pyridine rings is 1. The van der Waals surface area contributed by atoms with E-state index in [1.54, 1.807) is 6.20 Å². The van der Waals surface area contributed by atoms with Crippen molar-refractivity contribution in [1.82, 2.24) is 14.5 Å². The maximum Gasteiger partial charge on any atom is 0.257 e. The van der Waals surface area contributed by atoms with Crippen molar-refractivity contribution in [3.63, 3.8) is 0 Å². The fourth-order valence-corrected chi connectivity index (χ4v) is 3.58. The van der Waals surface area contributed by atoms with Crippen LogP contribution in [-0.2, 0) is 11.8 Å². The monoisotopic (exact) mass is 368 g/mol. The highest BCUT2D eigenvalue weighted by Crippen LogP contribution is 2.30. The fraction of sp³-hybridized carbons (Fsp3) is 0.111. The first-order valence-electron chi connectivity index (χ1n) is 7.61. The topological polar surface area (TPSA) is 60.1 Å². The number of aryl methyl sites for hydroxylation is 1. The molecule has 2 aromatic heterocycles. The number of carbonyl (C=O) groups is 1. The van der Waals surface area contributed by atoms with Gasteiger partial charge in [-0.2, -0.15) is 0 Å². The lowest BCUT2D eigenvalue weighted by molar-refractivity contribution is -0.115. The number of aliphatic imine (C=N–C) groups is 1. The normalized spacial score (nSPS) is 15.0. The first-order chi connectivity index (χ1) is 12.1. The Labute approximate surface area is 153 Å². The van der Waals surface area contributed by atoms with Crippen LogP contribution in [0, 0.1) is 0 Å². The Bertz CT molecular complexity index is 1040. The van der Waals surface area contributed by atoms with Crippen LogP contribution in [0.5, 0.6) is 0 Å². The lowest BCUT2D eigenvalue weighted by Crippen LogP contribution is -2.03. The molecule has 1 aliphatic heterocycles. The zero-order chi connectivity index (χ0) is 17.4. The summed E-state index contributed by atoms with van der Waals surface area (Å²) < 4.78 is 1.97. The standard InChI is InChI=1S/C18H13ClN4OS/c1-23-14-3-2-8-20-16(14)22-17(23)13(18-21-15(24)10-25-18)9-11-4-6-12(19)7-5-11/h2-9H,10H2,1H3/b13-9+. The van der Waals surface area contributed by atoms with E-state index in [9.17, 15) is 4.79 Å². The van der Waals surface area contributed by atoms with E-state index in [0.29, 0.717) is 21.5 Å². The summed E-state index contributed by atoms with van der Waals surface area (Å²) in [7, 11) is 1.93. The van der Waals surface area contributed by atoms with E-state index in [2.05, 4.69) is 15.0 Å². The smallest absolute Gasteiger partial charge is 0.257 e. The van der Waals surface area contributed by atoms with Gasteiger partial charge in [0.25, 0.3) is 5.91 Å². The summed E-state index contributed by atoms with van der Waals surface area (Å²) in [4.78, 5) is 24.8. The number of aromatic nitrogens is 3. The molecule has 0 unspecified atom stereocenters. The zero-order valence-corrected chi connectivity index (χ0v) is 14.9. The predicted molar refractivity (Wildman–Crippen MR) is 103 cm³/mol. The number of imidazole rings is 1. The minimum absolute atomic E-state index is 0.126. The number of nitrogens with zero attached hydrogens (tertiary/aromatic N) is 4. The number of rotatable bonds is 3. The van der Waals surface area contributed by atoms with Crippen LogP contribution in [0.3, 0.4) is 0 Å². The highest BCUT2D eigenvalue weighted by molar-refractivity contribution is 8.16. The van der Waals surface area contributed by atoms with E-state index in [1.807, 2.05) is 54.1 Å². The van der Waals surface area contributed by atoms with Crippen LogP contribution in [0.15, 0.2) is 47.6 Å². The van der Waals surface area contributed by atoms with Crippen molar-refractivity contribution in [3.05, 3.63) is 59.0 Å². The molecule has 0 saturated carbocycles.